The van der Waals surface area contributed by atoms with Crippen LogP contribution in [0.3, 0.4) is 0 Å². The number of nitriles is 1. The topological polar surface area (TPSA) is 91.7 Å². The lowest BCUT2D eigenvalue weighted by atomic mass is 9.82. The molecule has 1 aromatic carbocycles. The van der Waals surface area contributed by atoms with E-state index in [1.54, 1.807) is 4.90 Å². The van der Waals surface area contributed by atoms with Gasteiger partial charge in [-0.1, -0.05) is 51.1 Å². The average molecular weight is 416 g/mol. The predicted octanol–water partition coefficient (Wildman–Crippen LogP) is 2.51. The SMILES string of the molecule is CC(C)(C)CC(CC(=O)N1CCOCC1)C(=O)NC(C#N)COCc1ccccc1. The molecule has 1 heterocycles. The van der Waals surface area contributed by atoms with Crippen LogP contribution in [0.5, 0.6) is 0 Å². The highest BCUT2D eigenvalue weighted by Crippen LogP contribution is 2.27. The molecule has 0 saturated carbocycles. The van der Waals surface area contributed by atoms with Crippen LogP contribution in [0.15, 0.2) is 30.3 Å². The van der Waals surface area contributed by atoms with Gasteiger partial charge in [-0.05, 0) is 17.4 Å². The number of nitrogens with one attached hydrogen (secondary N) is 1. The molecule has 0 aromatic heterocycles. The van der Waals surface area contributed by atoms with Crippen molar-refractivity contribution in [3.63, 3.8) is 0 Å². The molecular formula is C23H33N3O4. The third kappa shape index (κ3) is 8.52. The monoisotopic (exact) mass is 415 g/mol. The second kappa shape index (κ2) is 11.7. The summed E-state index contributed by atoms with van der Waals surface area (Å²) in [6.07, 6.45) is 0.685. The summed E-state index contributed by atoms with van der Waals surface area (Å²) in [6.45, 7) is 8.74. The second-order valence-electron chi connectivity index (χ2n) is 8.85. The summed E-state index contributed by atoms with van der Waals surface area (Å²) in [4.78, 5) is 27.4. The van der Waals surface area contributed by atoms with E-state index in [4.69, 9.17) is 9.47 Å². The van der Waals surface area contributed by atoms with Gasteiger partial charge in [0.05, 0.1) is 32.5 Å². The van der Waals surface area contributed by atoms with Crippen LogP contribution in [0.2, 0.25) is 0 Å². The fraction of sp³-hybridized carbons (Fsp3) is 0.609. The van der Waals surface area contributed by atoms with Crippen LogP contribution >= 0.6 is 0 Å². The smallest absolute Gasteiger partial charge is 0.224 e. The van der Waals surface area contributed by atoms with Crippen molar-refractivity contribution in [3.05, 3.63) is 35.9 Å². The van der Waals surface area contributed by atoms with Gasteiger partial charge in [0.15, 0.2) is 0 Å². The summed E-state index contributed by atoms with van der Waals surface area (Å²) < 4.78 is 10.9. The zero-order valence-electron chi connectivity index (χ0n) is 18.2. The maximum Gasteiger partial charge on any atom is 0.224 e. The van der Waals surface area contributed by atoms with Gasteiger partial charge in [-0.15, -0.1) is 0 Å². The maximum absolute atomic E-state index is 12.9. The highest BCUT2D eigenvalue weighted by atomic mass is 16.5. The molecule has 164 valence electrons. The zero-order chi connectivity index (χ0) is 22.0. The Bertz CT molecular complexity index is 718. The summed E-state index contributed by atoms with van der Waals surface area (Å²) in [5.74, 6) is -0.816. The molecule has 1 saturated heterocycles. The van der Waals surface area contributed by atoms with Crippen LogP contribution in [0, 0.1) is 22.7 Å². The fourth-order valence-electron chi connectivity index (χ4n) is 3.42. The van der Waals surface area contributed by atoms with Gasteiger partial charge in [-0.25, -0.2) is 0 Å². The normalized spacial score (nSPS) is 16.4. The van der Waals surface area contributed by atoms with Gasteiger partial charge >= 0.3 is 0 Å². The molecule has 1 aliphatic heterocycles. The molecule has 2 rings (SSSR count). The molecule has 30 heavy (non-hydrogen) atoms. The first-order valence-corrected chi connectivity index (χ1v) is 10.5. The number of nitrogens with zero attached hydrogens (tertiary/aromatic N) is 2. The molecule has 1 aromatic rings. The third-order valence-corrected chi connectivity index (χ3v) is 4.88. The first-order valence-electron chi connectivity index (χ1n) is 10.5. The number of benzene rings is 1. The Morgan fingerprint density at radius 1 is 1.23 bits per heavy atom. The van der Waals surface area contributed by atoms with E-state index in [9.17, 15) is 14.9 Å². The van der Waals surface area contributed by atoms with Gasteiger partial charge in [-0.2, -0.15) is 5.26 Å². The lowest BCUT2D eigenvalue weighted by Gasteiger charge is -2.30. The van der Waals surface area contributed by atoms with Crippen LogP contribution in [-0.2, 0) is 25.7 Å². The third-order valence-electron chi connectivity index (χ3n) is 4.88. The average Bonchev–Trinajstić information content (AvgIpc) is 2.72. The molecule has 1 N–H and O–H groups in total. The van der Waals surface area contributed by atoms with Crippen LogP contribution in [0.4, 0.5) is 0 Å². The van der Waals surface area contributed by atoms with Crippen LogP contribution in [0.1, 0.15) is 39.2 Å². The summed E-state index contributed by atoms with van der Waals surface area (Å²) in [5.41, 5.74) is 0.876. The zero-order valence-corrected chi connectivity index (χ0v) is 18.2. The molecule has 0 aliphatic carbocycles. The Morgan fingerprint density at radius 2 is 1.90 bits per heavy atom. The molecule has 1 fully saturated rings. The fourth-order valence-corrected chi connectivity index (χ4v) is 3.42. The largest absolute Gasteiger partial charge is 0.378 e. The number of amides is 2. The van der Waals surface area contributed by atoms with Gasteiger partial charge in [0.25, 0.3) is 0 Å². The van der Waals surface area contributed by atoms with E-state index in [0.717, 1.165) is 5.56 Å². The number of carbonyl (C=O) groups excluding carboxylic acids is 2. The first kappa shape index (κ1) is 23.8. The second-order valence-corrected chi connectivity index (χ2v) is 8.85. The Kier molecular flexibility index (Phi) is 9.28. The molecule has 1 aliphatic rings. The maximum atomic E-state index is 12.9. The number of carbonyl (C=O) groups is 2. The summed E-state index contributed by atoms with van der Waals surface area (Å²) in [7, 11) is 0. The molecule has 2 amide bonds. The van der Waals surface area contributed by atoms with Crippen molar-refractivity contribution in [2.75, 3.05) is 32.9 Å². The van der Waals surface area contributed by atoms with Gasteiger partial charge in [-0.3, -0.25) is 9.59 Å². The molecule has 7 nitrogen and oxygen atoms in total. The van der Waals surface area contributed by atoms with Crippen molar-refractivity contribution < 1.29 is 19.1 Å². The van der Waals surface area contributed by atoms with E-state index in [2.05, 4.69) is 11.4 Å². The minimum absolute atomic E-state index is 0.0449. The number of ether oxygens (including phenoxy) is 2. The summed E-state index contributed by atoms with van der Waals surface area (Å²) >= 11 is 0. The van der Waals surface area contributed by atoms with Crippen LogP contribution in [-0.4, -0.2) is 55.7 Å². The molecular weight excluding hydrogens is 382 g/mol. The van der Waals surface area contributed by atoms with E-state index in [1.165, 1.54) is 0 Å². The van der Waals surface area contributed by atoms with Crippen molar-refractivity contribution in [1.82, 2.24) is 10.2 Å². The Morgan fingerprint density at radius 3 is 2.50 bits per heavy atom. The minimum Gasteiger partial charge on any atom is -0.378 e. The van der Waals surface area contributed by atoms with E-state index < -0.39 is 12.0 Å². The minimum atomic E-state index is -0.762. The Hall–Kier alpha value is -2.43. The molecule has 0 bridgehead atoms. The van der Waals surface area contributed by atoms with Gasteiger partial charge in [0, 0.05) is 25.4 Å². The number of rotatable bonds is 9. The molecule has 2 atom stereocenters. The van der Waals surface area contributed by atoms with Crippen molar-refractivity contribution in [2.45, 2.75) is 46.3 Å². The van der Waals surface area contributed by atoms with Crippen molar-refractivity contribution >= 4 is 11.8 Å². The lowest BCUT2D eigenvalue weighted by Crippen LogP contribution is -2.45. The Balaban J connectivity index is 1.92. The van der Waals surface area contributed by atoms with E-state index in [0.29, 0.717) is 39.3 Å². The van der Waals surface area contributed by atoms with Crippen molar-refractivity contribution in [2.24, 2.45) is 11.3 Å². The Labute approximate surface area is 179 Å². The van der Waals surface area contributed by atoms with E-state index >= 15 is 0 Å². The quantitative estimate of drug-likeness (QED) is 0.669. The predicted molar refractivity (Wildman–Crippen MR) is 113 cm³/mol. The van der Waals surface area contributed by atoms with Crippen LogP contribution < -0.4 is 5.32 Å². The molecule has 2 unspecified atom stereocenters. The summed E-state index contributed by atoms with van der Waals surface area (Å²) in [6, 6.07) is 11.0. The van der Waals surface area contributed by atoms with Gasteiger partial charge in [0.2, 0.25) is 11.8 Å². The number of hydrogen-bond donors (Lipinski definition) is 1. The molecule has 0 spiro atoms. The lowest BCUT2D eigenvalue weighted by molar-refractivity contribution is -0.140. The van der Waals surface area contributed by atoms with Crippen molar-refractivity contribution in [1.29, 1.82) is 5.26 Å². The standard InChI is InChI=1S/C23H33N3O4/c1-23(2,3)14-19(13-21(27)26-9-11-29-12-10-26)22(28)25-20(15-24)17-30-16-18-7-5-4-6-8-18/h4-8,19-20H,9-14,16-17H2,1-3H3,(H,25,28). The van der Waals surface area contributed by atoms with Crippen molar-refractivity contribution in [3.8, 4) is 6.07 Å². The van der Waals surface area contributed by atoms with E-state index in [-0.39, 0.29) is 30.3 Å². The number of morpholine rings is 1. The molecule has 7 heteroatoms. The van der Waals surface area contributed by atoms with E-state index in [1.807, 2.05) is 51.1 Å². The molecule has 0 radical (unpaired) electrons. The van der Waals surface area contributed by atoms with Gasteiger partial charge < -0.3 is 19.7 Å². The first-order chi connectivity index (χ1) is 14.3. The van der Waals surface area contributed by atoms with Gasteiger partial charge in [0.1, 0.15) is 6.04 Å². The highest BCUT2D eigenvalue weighted by molar-refractivity contribution is 5.86. The number of hydrogen-bond acceptors (Lipinski definition) is 5. The van der Waals surface area contributed by atoms with Crippen LogP contribution in [0.25, 0.3) is 0 Å². The highest BCUT2D eigenvalue weighted by Gasteiger charge is 2.30. The summed E-state index contributed by atoms with van der Waals surface area (Å²) in [5, 5.41) is 12.2.